The maximum Gasteiger partial charge on any atom is 0.307 e. The van der Waals surface area contributed by atoms with Crippen molar-refractivity contribution in [1.82, 2.24) is 0 Å². The Labute approximate surface area is 195 Å². The maximum atomic E-state index is 12.0. The molecule has 0 aliphatic rings. The van der Waals surface area contributed by atoms with Gasteiger partial charge in [0.05, 0.1) is 13.0 Å². The number of nitrogens with two attached hydrogens (primary N) is 1. The summed E-state index contributed by atoms with van der Waals surface area (Å²) in [5.74, 6) is -0.0267. The minimum atomic E-state index is -3.98. The van der Waals surface area contributed by atoms with Gasteiger partial charge >= 0.3 is 5.97 Å². The molecule has 1 atom stereocenters. The summed E-state index contributed by atoms with van der Waals surface area (Å²) in [4.78, 5) is 11.8. The zero-order valence-electron chi connectivity index (χ0n) is 19.1. The van der Waals surface area contributed by atoms with Crippen LogP contribution in [0.25, 0.3) is 11.1 Å². The van der Waals surface area contributed by atoms with E-state index >= 15 is 0 Å². The third kappa shape index (κ3) is 6.43. The highest BCUT2D eigenvalue weighted by atomic mass is 32.2. The molecule has 7 heteroatoms. The van der Waals surface area contributed by atoms with Gasteiger partial charge in [-0.15, -0.1) is 0 Å². The number of ether oxygens (including phenoxy) is 2. The lowest BCUT2D eigenvalue weighted by molar-refractivity contribution is -0.143. The van der Waals surface area contributed by atoms with Gasteiger partial charge in [-0.1, -0.05) is 48.5 Å². The van der Waals surface area contributed by atoms with E-state index in [-0.39, 0.29) is 13.0 Å². The van der Waals surface area contributed by atoms with Gasteiger partial charge in [0, 0.05) is 0 Å². The van der Waals surface area contributed by atoms with Crippen molar-refractivity contribution in [2.45, 2.75) is 39.0 Å². The molecule has 0 aliphatic heterocycles. The average Bonchev–Trinajstić information content (AvgIpc) is 2.76. The topological polar surface area (TPSA) is 95.7 Å². The number of rotatable bonds is 9. The summed E-state index contributed by atoms with van der Waals surface area (Å²) in [6.07, 6.45) is -0.335. The third-order valence-corrected chi connectivity index (χ3v) is 6.64. The van der Waals surface area contributed by atoms with Crippen molar-refractivity contribution in [3.8, 4) is 16.9 Å². The molecular formula is C26H29NO5S. The van der Waals surface area contributed by atoms with Crippen molar-refractivity contribution in [2.24, 2.45) is 5.14 Å². The van der Waals surface area contributed by atoms with E-state index in [1.165, 1.54) is 16.7 Å². The Kier molecular flexibility index (Phi) is 7.89. The van der Waals surface area contributed by atoms with Gasteiger partial charge in [0.15, 0.2) is 0 Å². The van der Waals surface area contributed by atoms with Gasteiger partial charge in [0.2, 0.25) is 10.0 Å². The monoisotopic (exact) mass is 467 g/mol. The van der Waals surface area contributed by atoms with Gasteiger partial charge in [0.1, 0.15) is 17.6 Å². The summed E-state index contributed by atoms with van der Waals surface area (Å²) in [7, 11) is -3.98. The summed E-state index contributed by atoms with van der Waals surface area (Å²) in [6.45, 7) is 6.40. The molecule has 0 bridgehead atoms. The number of primary sulfonamides is 1. The predicted molar refractivity (Wildman–Crippen MR) is 129 cm³/mol. The van der Waals surface area contributed by atoms with E-state index in [9.17, 15) is 13.2 Å². The molecule has 2 N–H and O–H groups in total. The van der Waals surface area contributed by atoms with Gasteiger partial charge in [0.25, 0.3) is 0 Å². The van der Waals surface area contributed by atoms with Gasteiger partial charge < -0.3 is 9.47 Å². The molecule has 0 amide bonds. The zero-order chi connectivity index (χ0) is 24.0. The fraction of sp³-hybridized carbons (Fsp3) is 0.269. The highest BCUT2D eigenvalue weighted by Crippen LogP contribution is 2.29. The maximum absolute atomic E-state index is 12.0. The largest absolute Gasteiger partial charge is 0.489 e. The van der Waals surface area contributed by atoms with E-state index in [2.05, 4.69) is 44.2 Å². The van der Waals surface area contributed by atoms with Crippen LogP contribution < -0.4 is 9.88 Å². The van der Waals surface area contributed by atoms with Crippen LogP contribution in [0.5, 0.6) is 5.75 Å². The standard InChI is InChI=1S/C26H29NO5S/c1-4-31-25(28)16-24(33(27,29)30)21-11-13-23(14-12-21)32-17-20-9-6-10-22(15-20)26-18(2)7-5-8-19(26)3/h5-15,24H,4,16-17H2,1-3H3,(H2,27,29,30). The smallest absolute Gasteiger partial charge is 0.307 e. The van der Waals surface area contributed by atoms with Gasteiger partial charge in [-0.2, -0.15) is 0 Å². The van der Waals surface area contributed by atoms with Crippen LogP contribution >= 0.6 is 0 Å². The van der Waals surface area contributed by atoms with Crippen molar-refractivity contribution >= 4 is 16.0 Å². The number of hydrogen-bond donors (Lipinski definition) is 1. The summed E-state index contributed by atoms with van der Waals surface area (Å²) < 4.78 is 34.8. The Morgan fingerprint density at radius 3 is 2.21 bits per heavy atom. The van der Waals surface area contributed by atoms with Gasteiger partial charge in [-0.25, -0.2) is 13.6 Å². The van der Waals surface area contributed by atoms with E-state index in [1.54, 1.807) is 31.2 Å². The molecule has 3 rings (SSSR count). The second-order valence-electron chi connectivity index (χ2n) is 7.91. The molecule has 33 heavy (non-hydrogen) atoms. The van der Waals surface area contributed by atoms with Crippen LogP contribution in [-0.4, -0.2) is 21.0 Å². The Morgan fingerprint density at radius 2 is 1.61 bits per heavy atom. The molecular weight excluding hydrogens is 438 g/mol. The number of hydrogen-bond acceptors (Lipinski definition) is 5. The molecule has 6 nitrogen and oxygen atoms in total. The molecule has 3 aromatic rings. The summed E-state index contributed by atoms with van der Waals surface area (Å²) in [6, 6.07) is 21.0. The number of carbonyl (C=O) groups excluding carboxylic acids is 1. The fourth-order valence-corrected chi connectivity index (χ4v) is 4.73. The lowest BCUT2D eigenvalue weighted by atomic mass is 9.95. The fourth-order valence-electron chi connectivity index (χ4n) is 3.83. The third-order valence-electron chi connectivity index (χ3n) is 5.41. The normalized spacial score (nSPS) is 12.2. The number of sulfonamides is 1. The molecule has 0 spiro atoms. The van der Waals surface area contributed by atoms with E-state index in [1.807, 2.05) is 12.1 Å². The first-order chi connectivity index (χ1) is 15.7. The number of aryl methyl sites for hydroxylation is 2. The number of carbonyl (C=O) groups is 1. The second kappa shape index (κ2) is 10.6. The molecule has 0 saturated carbocycles. The van der Waals surface area contributed by atoms with Gasteiger partial charge in [-0.3, -0.25) is 4.79 Å². The van der Waals surface area contributed by atoms with E-state index in [4.69, 9.17) is 14.6 Å². The van der Waals surface area contributed by atoms with Crippen molar-refractivity contribution in [1.29, 1.82) is 0 Å². The number of benzene rings is 3. The SMILES string of the molecule is CCOC(=O)CC(c1ccc(OCc2cccc(-c3c(C)cccc3C)c2)cc1)S(N)(=O)=O. The quantitative estimate of drug-likeness (QED) is 0.455. The highest BCUT2D eigenvalue weighted by molar-refractivity contribution is 7.89. The first-order valence-electron chi connectivity index (χ1n) is 10.7. The van der Waals surface area contributed by atoms with Crippen LogP contribution in [0.2, 0.25) is 0 Å². The Hall–Kier alpha value is -3.16. The molecule has 174 valence electrons. The Bertz CT molecular complexity index is 1200. The van der Waals surface area contributed by atoms with Crippen molar-refractivity contribution in [3.63, 3.8) is 0 Å². The molecule has 0 heterocycles. The van der Waals surface area contributed by atoms with Crippen LogP contribution in [-0.2, 0) is 26.2 Å². The van der Waals surface area contributed by atoms with Crippen molar-refractivity contribution in [3.05, 3.63) is 89.0 Å². The summed E-state index contributed by atoms with van der Waals surface area (Å²) >= 11 is 0. The molecule has 0 fully saturated rings. The van der Waals surface area contributed by atoms with E-state index < -0.39 is 21.2 Å². The molecule has 0 aromatic heterocycles. The lowest BCUT2D eigenvalue weighted by Gasteiger charge is -2.15. The molecule has 0 radical (unpaired) electrons. The minimum Gasteiger partial charge on any atom is -0.489 e. The van der Waals surface area contributed by atoms with E-state index in [0.29, 0.717) is 17.9 Å². The van der Waals surface area contributed by atoms with Crippen molar-refractivity contribution in [2.75, 3.05) is 6.61 Å². The second-order valence-corrected chi connectivity index (χ2v) is 9.66. The van der Waals surface area contributed by atoms with Crippen LogP contribution in [0.4, 0.5) is 0 Å². The minimum absolute atomic E-state index is 0.174. The predicted octanol–water partition coefficient (Wildman–Crippen LogP) is 4.83. The molecule has 0 aliphatic carbocycles. The Morgan fingerprint density at radius 1 is 0.970 bits per heavy atom. The summed E-state index contributed by atoms with van der Waals surface area (Å²) in [5, 5.41) is 4.18. The average molecular weight is 468 g/mol. The molecule has 0 saturated heterocycles. The first-order valence-corrected chi connectivity index (χ1v) is 12.4. The zero-order valence-corrected chi connectivity index (χ0v) is 19.9. The lowest BCUT2D eigenvalue weighted by Crippen LogP contribution is -2.24. The molecule has 1 unspecified atom stereocenters. The summed E-state index contributed by atoms with van der Waals surface area (Å²) in [5.41, 5.74) is 6.22. The van der Waals surface area contributed by atoms with Crippen molar-refractivity contribution < 1.29 is 22.7 Å². The highest BCUT2D eigenvalue weighted by Gasteiger charge is 2.27. The van der Waals surface area contributed by atoms with Crippen LogP contribution in [0, 0.1) is 13.8 Å². The van der Waals surface area contributed by atoms with Crippen LogP contribution in [0.3, 0.4) is 0 Å². The number of esters is 1. The first kappa shape index (κ1) is 24.5. The van der Waals surface area contributed by atoms with Crippen LogP contribution in [0.15, 0.2) is 66.7 Å². The van der Waals surface area contributed by atoms with Gasteiger partial charge in [-0.05, 0) is 72.4 Å². The van der Waals surface area contributed by atoms with Crippen LogP contribution in [0.1, 0.15) is 40.8 Å². The van der Waals surface area contributed by atoms with E-state index in [0.717, 1.165) is 11.1 Å². The Balaban J connectivity index is 1.72. The molecule has 3 aromatic carbocycles.